The van der Waals surface area contributed by atoms with Crippen molar-refractivity contribution in [2.24, 2.45) is 0 Å². The molecule has 0 spiro atoms. The first kappa shape index (κ1) is 11.8. The van der Waals surface area contributed by atoms with Gasteiger partial charge in [0.05, 0.1) is 4.75 Å². The molecule has 2 rings (SSSR count). The number of nitrogens with one attached hydrogen (secondary N) is 1. The minimum absolute atomic E-state index is 0.565. The molecule has 1 aromatic carbocycles. The van der Waals surface area contributed by atoms with Crippen molar-refractivity contribution in [3.05, 3.63) is 24.3 Å². The highest BCUT2D eigenvalue weighted by Gasteiger charge is 2.40. The van der Waals surface area contributed by atoms with E-state index in [0.29, 0.717) is 0 Å². The Bertz CT molecular complexity index is 478. The number of fused-ring (bicyclic) bond motifs is 1. The SMILES string of the molecule is CC(C)(C)S(=O)(=O)C1Nc2ccccc2S1. The summed E-state index contributed by atoms with van der Waals surface area (Å²) in [6.45, 7) is 5.19. The van der Waals surface area contributed by atoms with E-state index in [0.717, 1.165) is 10.6 Å². The van der Waals surface area contributed by atoms with Crippen molar-refractivity contribution in [3.8, 4) is 0 Å². The molecule has 88 valence electrons. The summed E-state index contributed by atoms with van der Waals surface area (Å²) in [5, 5.41) is 3.06. The molecule has 1 atom stereocenters. The molecule has 1 heterocycles. The fourth-order valence-corrected chi connectivity index (χ4v) is 4.86. The molecule has 0 aliphatic carbocycles. The average Bonchev–Trinajstić information content (AvgIpc) is 2.59. The van der Waals surface area contributed by atoms with Crippen LogP contribution in [0.15, 0.2) is 29.2 Å². The first-order valence-corrected chi connectivity index (χ1v) is 7.50. The number of sulfone groups is 1. The number of anilines is 1. The number of rotatable bonds is 1. The van der Waals surface area contributed by atoms with Crippen LogP contribution >= 0.6 is 11.8 Å². The van der Waals surface area contributed by atoms with Gasteiger partial charge >= 0.3 is 0 Å². The number of hydrogen-bond acceptors (Lipinski definition) is 4. The van der Waals surface area contributed by atoms with Crippen molar-refractivity contribution in [3.63, 3.8) is 0 Å². The van der Waals surface area contributed by atoms with Gasteiger partial charge < -0.3 is 5.32 Å². The quantitative estimate of drug-likeness (QED) is 0.840. The highest BCUT2D eigenvalue weighted by Crippen LogP contribution is 2.42. The van der Waals surface area contributed by atoms with E-state index in [-0.39, 0.29) is 0 Å². The van der Waals surface area contributed by atoms with Gasteiger partial charge in [0.1, 0.15) is 0 Å². The third-order valence-corrected chi connectivity index (χ3v) is 6.91. The molecule has 1 N–H and O–H groups in total. The molecule has 16 heavy (non-hydrogen) atoms. The Balaban J connectivity index is 2.31. The Labute approximate surface area is 101 Å². The molecule has 0 saturated carbocycles. The Morgan fingerprint density at radius 3 is 2.44 bits per heavy atom. The number of para-hydroxylation sites is 1. The monoisotopic (exact) mass is 257 g/mol. The number of thioether (sulfide) groups is 1. The van der Waals surface area contributed by atoms with E-state index < -0.39 is 19.3 Å². The summed E-state index contributed by atoms with van der Waals surface area (Å²) >= 11 is 1.37. The molecule has 0 radical (unpaired) electrons. The lowest BCUT2D eigenvalue weighted by molar-refractivity contribution is 0.560. The molecule has 1 aliphatic rings. The second-order valence-corrected chi connectivity index (χ2v) is 8.98. The molecule has 0 amide bonds. The molecule has 0 saturated heterocycles. The largest absolute Gasteiger partial charge is 0.360 e. The van der Waals surface area contributed by atoms with Gasteiger partial charge in [-0.05, 0) is 32.9 Å². The van der Waals surface area contributed by atoms with Crippen molar-refractivity contribution in [2.75, 3.05) is 5.32 Å². The van der Waals surface area contributed by atoms with Crippen LogP contribution in [0.1, 0.15) is 20.8 Å². The molecule has 5 heteroatoms. The van der Waals surface area contributed by atoms with Crippen LogP contribution in [0, 0.1) is 0 Å². The van der Waals surface area contributed by atoms with Gasteiger partial charge in [-0.3, -0.25) is 0 Å². The van der Waals surface area contributed by atoms with Crippen molar-refractivity contribution in [1.29, 1.82) is 0 Å². The summed E-state index contributed by atoms with van der Waals surface area (Å²) in [5.41, 5.74) is 0.908. The summed E-state index contributed by atoms with van der Waals surface area (Å²) in [6.07, 6.45) is 0. The predicted octanol–water partition coefficient (Wildman–Crippen LogP) is 2.70. The van der Waals surface area contributed by atoms with Gasteiger partial charge in [0.15, 0.2) is 14.5 Å². The maximum absolute atomic E-state index is 12.2. The lowest BCUT2D eigenvalue weighted by Gasteiger charge is -2.23. The van der Waals surface area contributed by atoms with Gasteiger partial charge in [-0.15, -0.1) is 0 Å². The van der Waals surface area contributed by atoms with Crippen LogP contribution in [-0.2, 0) is 9.84 Å². The molecule has 1 aliphatic heterocycles. The van der Waals surface area contributed by atoms with Crippen LogP contribution in [0.25, 0.3) is 0 Å². The third-order valence-electron chi connectivity index (χ3n) is 2.53. The van der Waals surface area contributed by atoms with Gasteiger partial charge in [-0.1, -0.05) is 23.9 Å². The Hall–Kier alpha value is -0.680. The molecular formula is C11H15NO2S2. The van der Waals surface area contributed by atoms with Gasteiger partial charge in [0, 0.05) is 10.6 Å². The van der Waals surface area contributed by atoms with Crippen molar-refractivity contribution >= 4 is 27.3 Å². The van der Waals surface area contributed by atoms with Crippen LogP contribution in [0.3, 0.4) is 0 Å². The summed E-state index contributed by atoms with van der Waals surface area (Å²) < 4.78 is 23.2. The van der Waals surface area contributed by atoms with Crippen molar-refractivity contribution in [1.82, 2.24) is 0 Å². The summed E-state index contributed by atoms with van der Waals surface area (Å²) in [4.78, 5) is 1.00. The lowest BCUT2D eigenvalue weighted by atomic mass is 10.3. The van der Waals surface area contributed by atoms with Gasteiger partial charge in [-0.2, -0.15) is 0 Å². The summed E-state index contributed by atoms with van der Waals surface area (Å²) in [6, 6.07) is 7.66. The topological polar surface area (TPSA) is 46.2 Å². The zero-order valence-corrected chi connectivity index (χ0v) is 11.2. The summed E-state index contributed by atoms with van der Waals surface area (Å²) in [7, 11) is -3.19. The minimum atomic E-state index is -3.19. The fourth-order valence-electron chi connectivity index (χ4n) is 1.42. The number of hydrogen-bond donors (Lipinski definition) is 1. The Morgan fingerprint density at radius 1 is 1.25 bits per heavy atom. The van der Waals surface area contributed by atoms with E-state index in [2.05, 4.69) is 5.32 Å². The van der Waals surface area contributed by atoms with E-state index in [1.807, 2.05) is 24.3 Å². The van der Waals surface area contributed by atoms with Crippen LogP contribution in [0.4, 0.5) is 5.69 Å². The zero-order chi connectivity index (χ0) is 12.0. The second kappa shape index (κ2) is 3.67. The van der Waals surface area contributed by atoms with E-state index in [4.69, 9.17) is 0 Å². The second-order valence-electron chi connectivity index (χ2n) is 4.75. The average molecular weight is 257 g/mol. The maximum atomic E-state index is 12.2. The Kier molecular flexibility index (Phi) is 2.70. The van der Waals surface area contributed by atoms with Crippen LogP contribution < -0.4 is 5.32 Å². The van der Waals surface area contributed by atoms with Crippen molar-refractivity contribution < 1.29 is 8.42 Å². The van der Waals surface area contributed by atoms with Crippen LogP contribution in [0.5, 0.6) is 0 Å². The number of benzene rings is 1. The maximum Gasteiger partial charge on any atom is 0.186 e. The summed E-state index contributed by atoms with van der Waals surface area (Å²) in [5.74, 6) is 0. The molecule has 0 aromatic heterocycles. The lowest BCUT2D eigenvalue weighted by Crippen LogP contribution is -2.38. The fraction of sp³-hybridized carbons (Fsp3) is 0.455. The standard InChI is InChI=1S/C11H15NO2S2/c1-11(2,3)16(13,14)10-12-8-6-4-5-7-9(8)15-10/h4-7,10,12H,1-3H3. The predicted molar refractivity (Wildman–Crippen MR) is 68.4 cm³/mol. The molecule has 3 nitrogen and oxygen atoms in total. The molecule has 0 bridgehead atoms. The van der Waals surface area contributed by atoms with E-state index >= 15 is 0 Å². The highest BCUT2D eigenvalue weighted by atomic mass is 32.3. The minimum Gasteiger partial charge on any atom is -0.360 e. The molecule has 0 fully saturated rings. The van der Waals surface area contributed by atoms with Crippen molar-refractivity contribution in [2.45, 2.75) is 35.1 Å². The highest BCUT2D eigenvalue weighted by molar-refractivity contribution is 8.14. The zero-order valence-electron chi connectivity index (χ0n) is 9.52. The first-order chi connectivity index (χ1) is 7.32. The van der Waals surface area contributed by atoms with Crippen LogP contribution in [0.2, 0.25) is 0 Å². The first-order valence-electron chi connectivity index (χ1n) is 5.08. The third kappa shape index (κ3) is 1.82. The van der Waals surface area contributed by atoms with Gasteiger partial charge in [-0.25, -0.2) is 8.42 Å². The van der Waals surface area contributed by atoms with E-state index in [1.54, 1.807) is 20.8 Å². The van der Waals surface area contributed by atoms with E-state index in [9.17, 15) is 8.42 Å². The molecule has 1 aromatic rings. The molecule has 1 unspecified atom stereocenters. The van der Waals surface area contributed by atoms with E-state index in [1.165, 1.54) is 11.8 Å². The van der Waals surface area contributed by atoms with Crippen LogP contribution in [-0.4, -0.2) is 17.9 Å². The van der Waals surface area contributed by atoms with Gasteiger partial charge in [0.2, 0.25) is 0 Å². The van der Waals surface area contributed by atoms with Gasteiger partial charge in [0.25, 0.3) is 0 Å². The smallest absolute Gasteiger partial charge is 0.186 e. The molecular weight excluding hydrogens is 242 g/mol. The normalized spacial score (nSPS) is 20.3. The Morgan fingerprint density at radius 2 is 1.88 bits per heavy atom.